The van der Waals surface area contributed by atoms with Crippen LogP contribution in [0.1, 0.15) is 25.0 Å². The van der Waals surface area contributed by atoms with Crippen LogP contribution in [0.2, 0.25) is 0 Å². The summed E-state index contributed by atoms with van der Waals surface area (Å²) < 4.78 is 14.8. The van der Waals surface area contributed by atoms with Crippen LogP contribution < -0.4 is 5.32 Å². The first kappa shape index (κ1) is 16.8. The number of hydrogen-bond donors (Lipinski definition) is 1. The van der Waals surface area contributed by atoms with Crippen molar-refractivity contribution >= 4 is 11.7 Å². The minimum atomic E-state index is -0.805. The molecule has 0 atom stereocenters. The lowest BCUT2D eigenvalue weighted by Crippen LogP contribution is -2.34. The highest BCUT2D eigenvalue weighted by Crippen LogP contribution is 2.25. The van der Waals surface area contributed by atoms with Gasteiger partial charge in [-0.2, -0.15) is 5.10 Å². The van der Waals surface area contributed by atoms with Gasteiger partial charge >= 0.3 is 0 Å². The molecule has 0 aliphatic heterocycles. The summed E-state index contributed by atoms with van der Waals surface area (Å²) in [5.41, 5.74) is 0.956. The summed E-state index contributed by atoms with van der Waals surface area (Å²) in [4.78, 5) is 16.7. The highest BCUT2D eigenvalue weighted by molar-refractivity contribution is 5.97. The number of carbonyl (C=O) groups is 1. The van der Waals surface area contributed by atoms with Gasteiger partial charge in [0.1, 0.15) is 5.82 Å². The first-order valence-electron chi connectivity index (χ1n) is 7.95. The molecule has 0 aliphatic carbocycles. The van der Waals surface area contributed by atoms with Crippen molar-refractivity contribution in [1.29, 1.82) is 0 Å². The van der Waals surface area contributed by atoms with Gasteiger partial charge in [0.2, 0.25) is 5.91 Å². The van der Waals surface area contributed by atoms with E-state index in [2.05, 4.69) is 15.4 Å². The number of carbonyl (C=O) groups excluding carboxylic acids is 1. The van der Waals surface area contributed by atoms with E-state index < -0.39 is 5.41 Å². The number of pyridine rings is 1. The maximum absolute atomic E-state index is 13.1. The van der Waals surface area contributed by atoms with E-state index in [9.17, 15) is 9.18 Å². The molecule has 0 unspecified atom stereocenters. The summed E-state index contributed by atoms with van der Waals surface area (Å²) in [6.45, 7) is 4.16. The zero-order valence-electron chi connectivity index (χ0n) is 14.1. The molecule has 2 aromatic heterocycles. The average molecular weight is 338 g/mol. The van der Waals surface area contributed by atoms with Crippen molar-refractivity contribution < 1.29 is 9.18 Å². The molecular formula is C19H19FN4O. The molecule has 0 fully saturated rings. The molecule has 2 heterocycles. The monoisotopic (exact) mass is 338 g/mol. The molecule has 0 spiro atoms. The predicted octanol–water partition coefficient (Wildman–Crippen LogP) is 3.38. The Morgan fingerprint density at radius 1 is 1.20 bits per heavy atom. The topological polar surface area (TPSA) is 59.8 Å². The van der Waals surface area contributed by atoms with E-state index in [-0.39, 0.29) is 11.7 Å². The molecule has 0 bridgehead atoms. The normalized spacial score (nSPS) is 11.3. The Morgan fingerprint density at radius 3 is 2.64 bits per heavy atom. The molecule has 0 saturated heterocycles. The Labute approximate surface area is 145 Å². The number of nitrogens with one attached hydrogen (secondary N) is 1. The number of amides is 1. The molecule has 0 aliphatic rings. The SMILES string of the molecule is CC(C)(C(=O)Nc1ccn(Cc2cccnc2)n1)c1ccc(F)cc1. The fourth-order valence-electron chi connectivity index (χ4n) is 2.47. The van der Waals surface area contributed by atoms with Gasteiger partial charge < -0.3 is 5.32 Å². The number of hydrogen-bond acceptors (Lipinski definition) is 3. The van der Waals surface area contributed by atoms with Gasteiger partial charge in [0, 0.05) is 24.7 Å². The fraction of sp³-hybridized carbons (Fsp3) is 0.211. The third-order valence-corrected chi connectivity index (χ3v) is 4.08. The zero-order valence-corrected chi connectivity index (χ0v) is 14.1. The van der Waals surface area contributed by atoms with Crippen LogP contribution in [0.15, 0.2) is 61.1 Å². The Bertz CT molecular complexity index is 857. The van der Waals surface area contributed by atoms with Gasteiger partial charge in [-0.05, 0) is 43.2 Å². The molecule has 1 amide bonds. The number of aromatic nitrogens is 3. The highest BCUT2D eigenvalue weighted by atomic mass is 19.1. The van der Waals surface area contributed by atoms with Gasteiger partial charge in [-0.15, -0.1) is 0 Å². The number of rotatable bonds is 5. The average Bonchev–Trinajstić information content (AvgIpc) is 3.03. The molecule has 25 heavy (non-hydrogen) atoms. The second-order valence-electron chi connectivity index (χ2n) is 6.35. The minimum absolute atomic E-state index is 0.203. The first-order chi connectivity index (χ1) is 11.9. The third-order valence-electron chi connectivity index (χ3n) is 4.08. The quantitative estimate of drug-likeness (QED) is 0.776. The Kier molecular flexibility index (Phi) is 4.61. The van der Waals surface area contributed by atoms with E-state index in [1.807, 2.05) is 12.1 Å². The Morgan fingerprint density at radius 2 is 1.96 bits per heavy atom. The van der Waals surface area contributed by atoms with Crippen LogP contribution in [0.5, 0.6) is 0 Å². The van der Waals surface area contributed by atoms with Crippen LogP contribution in [0.25, 0.3) is 0 Å². The van der Waals surface area contributed by atoms with Crippen molar-refractivity contribution in [3.63, 3.8) is 0 Å². The summed E-state index contributed by atoms with van der Waals surface area (Å²) in [5, 5.41) is 7.18. The molecule has 1 aromatic carbocycles. The molecule has 0 saturated carbocycles. The van der Waals surface area contributed by atoms with Crippen molar-refractivity contribution in [2.75, 3.05) is 5.32 Å². The van der Waals surface area contributed by atoms with E-state index in [1.165, 1.54) is 12.1 Å². The molecule has 1 N–H and O–H groups in total. The number of anilines is 1. The molecule has 3 aromatic rings. The van der Waals surface area contributed by atoms with Gasteiger partial charge in [0.05, 0.1) is 12.0 Å². The lowest BCUT2D eigenvalue weighted by molar-refractivity contribution is -0.120. The predicted molar refractivity (Wildman–Crippen MR) is 93.6 cm³/mol. The summed E-state index contributed by atoms with van der Waals surface area (Å²) in [6, 6.07) is 11.5. The fourth-order valence-corrected chi connectivity index (χ4v) is 2.47. The second-order valence-corrected chi connectivity index (χ2v) is 6.35. The maximum atomic E-state index is 13.1. The van der Waals surface area contributed by atoms with Crippen LogP contribution in [-0.4, -0.2) is 20.7 Å². The van der Waals surface area contributed by atoms with E-state index in [0.717, 1.165) is 11.1 Å². The summed E-state index contributed by atoms with van der Waals surface area (Å²) in [6.07, 6.45) is 5.29. The summed E-state index contributed by atoms with van der Waals surface area (Å²) in [5.74, 6) is -0.0519. The molecule has 128 valence electrons. The van der Waals surface area contributed by atoms with Crippen LogP contribution in [0, 0.1) is 5.82 Å². The van der Waals surface area contributed by atoms with Crippen molar-refractivity contribution in [1.82, 2.24) is 14.8 Å². The zero-order chi connectivity index (χ0) is 17.9. The van der Waals surface area contributed by atoms with Crippen LogP contribution in [0.3, 0.4) is 0 Å². The van der Waals surface area contributed by atoms with Crippen LogP contribution >= 0.6 is 0 Å². The van der Waals surface area contributed by atoms with Crippen LogP contribution in [0.4, 0.5) is 10.2 Å². The molecule has 3 rings (SSSR count). The molecule has 5 nitrogen and oxygen atoms in total. The minimum Gasteiger partial charge on any atom is -0.308 e. The lowest BCUT2D eigenvalue weighted by Gasteiger charge is -2.23. The number of nitrogens with zero attached hydrogens (tertiary/aromatic N) is 3. The van der Waals surface area contributed by atoms with Crippen molar-refractivity contribution in [3.8, 4) is 0 Å². The molecule has 0 radical (unpaired) electrons. The van der Waals surface area contributed by atoms with E-state index in [0.29, 0.717) is 12.4 Å². The maximum Gasteiger partial charge on any atom is 0.235 e. The Balaban J connectivity index is 1.69. The largest absolute Gasteiger partial charge is 0.308 e. The molecule has 6 heteroatoms. The number of benzene rings is 1. The van der Waals surface area contributed by atoms with Gasteiger partial charge in [-0.1, -0.05) is 18.2 Å². The second kappa shape index (κ2) is 6.84. The summed E-state index contributed by atoms with van der Waals surface area (Å²) >= 11 is 0. The third kappa shape index (κ3) is 3.91. The standard InChI is InChI=1S/C19H19FN4O/c1-19(2,15-5-7-16(20)8-6-15)18(25)22-17-9-11-24(23-17)13-14-4-3-10-21-12-14/h3-12H,13H2,1-2H3,(H,22,23,25). The highest BCUT2D eigenvalue weighted by Gasteiger charge is 2.30. The molecular weight excluding hydrogens is 319 g/mol. The first-order valence-corrected chi connectivity index (χ1v) is 7.95. The summed E-state index contributed by atoms with van der Waals surface area (Å²) in [7, 11) is 0. The smallest absolute Gasteiger partial charge is 0.235 e. The van der Waals surface area contributed by atoms with Crippen molar-refractivity contribution in [2.24, 2.45) is 0 Å². The number of halogens is 1. The van der Waals surface area contributed by atoms with Gasteiger partial charge in [0.25, 0.3) is 0 Å². The van der Waals surface area contributed by atoms with Gasteiger partial charge in [0.15, 0.2) is 5.82 Å². The lowest BCUT2D eigenvalue weighted by atomic mass is 9.84. The van der Waals surface area contributed by atoms with E-state index in [4.69, 9.17) is 0 Å². The van der Waals surface area contributed by atoms with Crippen LogP contribution in [-0.2, 0) is 16.8 Å². The van der Waals surface area contributed by atoms with E-state index in [1.54, 1.807) is 55.3 Å². The van der Waals surface area contributed by atoms with Gasteiger partial charge in [-0.3, -0.25) is 14.5 Å². The van der Waals surface area contributed by atoms with Crippen molar-refractivity contribution in [2.45, 2.75) is 25.8 Å². The van der Waals surface area contributed by atoms with Gasteiger partial charge in [-0.25, -0.2) is 4.39 Å². The van der Waals surface area contributed by atoms with E-state index >= 15 is 0 Å². The Hall–Kier alpha value is -3.02. The van der Waals surface area contributed by atoms with Crippen molar-refractivity contribution in [3.05, 3.63) is 78.0 Å².